The molecule has 0 radical (unpaired) electrons. The molecule has 71 heavy (non-hydrogen) atoms. The topological polar surface area (TPSA) is 248 Å². The molecule has 2 saturated heterocycles. The first-order chi connectivity index (χ1) is 33.9. The Hall–Kier alpha value is -6.73. The second kappa shape index (κ2) is 21.3. The number of benzene rings is 2. The quantitative estimate of drug-likeness (QED) is 0.0883. The number of aromatic hydroxyl groups is 1. The van der Waals surface area contributed by atoms with Gasteiger partial charge in [0.25, 0.3) is 0 Å². The van der Waals surface area contributed by atoms with Crippen molar-refractivity contribution >= 4 is 52.5 Å². The number of nitrogen functional groups attached to an aromatic ring is 1. The summed E-state index contributed by atoms with van der Waals surface area (Å²) < 4.78 is 5.67. The summed E-state index contributed by atoms with van der Waals surface area (Å²) in [5.74, 6) is -0.695. The molecule has 18 nitrogen and oxygen atoms in total. The van der Waals surface area contributed by atoms with Crippen molar-refractivity contribution in [2.45, 2.75) is 129 Å². The molecule has 2 aliphatic heterocycles. The Morgan fingerprint density at radius 2 is 1.59 bits per heavy atom. The fraction of sp³-hybridized carbons (Fsp3) is 0.481. The maximum atomic E-state index is 14.7. The molecular weight excluding hydrogens is 921 g/mol. The molecule has 3 fully saturated rings. The van der Waals surface area contributed by atoms with Crippen LogP contribution in [0.2, 0.25) is 0 Å². The number of piperazine rings is 1. The molecule has 19 heteroatoms. The average molecular weight is 987 g/mol. The van der Waals surface area contributed by atoms with Crippen LogP contribution in [0.5, 0.6) is 5.75 Å². The predicted molar refractivity (Wildman–Crippen MR) is 273 cm³/mol. The molecule has 1 saturated carbocycles. The summed E-state index contributed by atoms with van der Waals surface area (Å²) in [5, 5.41) is 25.0. The predicted octanol–water partition coefficient (Wildman–Crippen LogP) is 5.74. The van der Waals surface area contributed by atoms with Crippen LogP contribution in [-0.2, 0) is 30.5 Å². The molecule has 8 rings (SSSR count). The lowest BCUT2D eigenvalue weighted by Gasteiger charge is -2.45. The SMILES string of the molecule is Cc1ncsc1-c1ccc(CNC(=O)[C@@H]2C[C@@H](OC(=O)[C@H](C)N)CN2C(=O)[C@@H](NC(=O)C2CCC(c3cnc(N4C(C)CN(c5cc(-c6ccccc6O)nnc5N)CC4C)nc3)CC2)C(C)(C)C)cc1. The van der Waals surface area contributed by atoms with Gasteiger partial charge in [-0.3, -0.25) is 19.2 Å². The molecule has 376 valence electrons. The molecule has 0 bridgehead atoms. The number of ether oxygens (including phenoxy) is 1. The molecule has 5 heterocycles. The minimum Gasteiger partial charge on any atom is -0.507 e. The van der Waals surface area contributed by atoms with E-state index in [1.165, 1.54) is 11.8 Å². The van der Waals surface area contributed by atoms with Gasteiger partial charge in [-0.2, -0.15) is 0 Å². The van der Waals surface area contributed by atoms with Gasteiger partial charge in [-0.15, -0.1) is 21.5 Å². The largest absolute Gasteiger partial charge is 0.507 e. The van der Waals surface area contributed by atoms with Gasteiger partial charge in [0.05, 0.1) is 34.0 Å². The number of carbonyl (C=O) groups is 4. The number of likely N-dealkylation sites (tertiary alicyclic amines) is 1. The Morgan fingerprint density at radius 1 is 0.915 bits per heavy atom. The van der Waals surface area contributed by atoms with E-state index in [0.29, 0.717) is 49.0 Å². The van der Waals surface area contributed by atoms with Crippen LogP contribution in [0.4, 0.5) is 17.5 Å². The summed E-state index contributed by atoms with van der Waals surface area (Å²) in [6.07, 6.45) is 5.88. The molecule has 3 aliphatic rings. The number of nitrogens with one attached hydrogen (secondary N) is 2. The number of phenolic OH excluding ortho intramolecular Hbond substituents is 1. The van der Waals surface area contributed by atoms with E-state index in [-0.39, 0.29) is 61.0 Å². The van der Waals surface area contributed by atoms with Crippen molar-refractivity contribution in [3.63, 3.8) is 0 Å². The van der Waals surface area contributed by atoms with Gasteiger partial charge in [-0.25, -0.2) is 15.0 Å². The van der Waals surface area contributed by atoms with Crippen molar-refractivity contribution in [3.8, 4) is 27.4 Å². The molecule has 7 N–H and O–H groups in total. The Morgan fingerprint density at radius 3 is 2.21 bits per heavy atom. The van der Waals surface area contributed by atoms with E-state index in [1.54, 1.807) is 29.5 Å². The number of anilines is 3. The minimum atomic E-state index is -0.957. The van der Waals surface area contributed by atoms with Gasteiger partial charge in [0.1, 0.15) is 30.0 Å². The molecule has 2 aromatic carbocycles. The molecule has 3 amide bonds. The van der Waals surface area contributed by atoms with Crippen molar-refractivity contribution in [3.05, 3.63) is 89.3 Å². The summed E-state index contributed by atoms with van der Waals surface area (Å²) in [7, 11) is 0. The average Bonchev–Trinajstić information content (AvgIpc) is 3.98. The van der Waals surface area contributed by atoms with E-state index in [2.05, 4.69) is 49.5 Å². The first-order valence-electron chi connectivity index (χ1n) is 24.5. The second-order valence-electron chi connectivity index (χ2n) is 20.5. The number of aryl methyl sites for hydroxylation is 1. The van der Waals surface area contributed by atoms with Gasteiger partial charge in [0.2, 0.25) is 23.7 Å². The second-order valence-corrected chi connectivity index (χ2v) is 21.3. The van der Waals surface area contributed by atoms with E-state index in [1.807, 2.05) is 82.0 Å². The van der Waals surface area contributed by atoms with Crippen LogP contribution in [0.15, 0.2) is 72.5 Å². The number of esters is 1. The van der Waals surface area contributed by atoms with Gasteiger partial charge in [0, 0.05) is 62.0 Å². The van der Waals surface area contributed by atoms with Crippen LogP contribution in [0, 0.1) is 18.3 Å². The molecule has 1 aliphatic carbocycles. The van der Waals surface area contributed by atoms with Crippen molar-refractivity contribution < 1.29 is 29.0 Å². The van der Waals surface area contributed by atoms with Crippen LogP contribution < -0.4 is 31.9 Å². The lowest BCUT2D eigenvalue weighted by molar-refractivity contribution is -0.150. The van der Waals surface area contributed by atoms with E-state index in [4.69, 9.17) is 26.2 Å². The fourth-order valence-electron chi connectivity index (χ4n) is 10.1. The Labute approximate surface area is 419 Å². The number of phenols is 1. The molecular formula is C52H66N12O6S. The molecule has 2 unspecified atom stereocenters. The monoisotopic (exact) mass is 986 g/mol. The molecule has 0 spiro atoms. The highest BCUT2D eigenvalue weighted by molar-refractivity contribution is 7.13. The number of nitrogens with zero attached hydrogens (tertiary/aromatic N) is 8. The first kappa shape index (κ1) is 50.7. The number of carbonyl (C=O) groups excluding carboxylic acids is 4. The number of thiazole rings is 1. The van der Waals surface area contributed by atoms with Crippen molar-refractivity contribution in [2.24, 2.45) is 17.1 Å². The van der Waals surface area contributed by atoms with E-state index >= 15 is 0 Å². The van der Waals surface area contributed by atoms with E-state index < -0.39 is 41.5 Å². The third kappa shape index (κ3) is 11.4. The van der Waals surface area contributed by atoms with Gasteiger partial charge in [-0.1, -0.05) is 57.2 Å². The smallest absolute Gasteiger partial charge is 0.322 e. The van der Waals surface area contributed by atoms with Gasteiger partial charge in [-0.05, 0) is 99.6 Å². The maximum Gasteiger partial charge on any atom is 0.322 e. The third-order valence-corrected chi connectivity index (χ3v) is 15.0. The molecule has 6 atom stereocenters. The lowest BCUT2D eigenvalue weighted by atomic mass is 9.78. The highest BCUT2D eigenvalue weighted by atomic mass is 32.1. The van der Waals surface area contributed by atoms with Crippen LogP contribution in [0.25, 0.3) is 21.7 Å². The number of hydrogen-bond donors (Lipinski definition) is 5. The highest BCUT2D eigenvalue weighted by Gasteiger charge is 2.47. The number of amides is 3. The van der Waals surface area contributed by atoms with E-state index in [9.17, 15) is 24.3 Å². The fourth-order valence-corrected chi connectivity index (χ4v) is 10.9. The van der Waals surface area contributed by atoms with Gasteiger partial charge < -0.3 is 46.6 Å². The lowest BCUT2D eigenvalue weighted by Crippen LogP contribution is -2.58. The highest BCUT2D eigenvalue weighted by Crippen LogP contribution is 2.38. The Balaban J connectivity index is 0.874. The zero-order valence-corrected chi connectivity index (χ0v) is 42.4. The zero-order valence-electron chi connectivity index (χ0n) is 41.5. The van der Waals surface area contributed by atoms with Gasteiger partial charge >= 0.3 is 5.97 Å². The van der Waals surface area contributed by atoms with Crippen LogP contribution in [0.1, 0.15) is 96.4 Å². The number of aromatic nitrogens is 5. The maximum absolute atomic E-state index is 14.7. The van der Waals surface area contributed by atoms with Gasteiger partial charge in [0.15, 0.2) is 5.82 Å². The Bertz CT molecular complexity index is 2690. The number of nitrogens with two attached hydrogens (primary N) is 2. The Kier molecular flexibility index (Phi) is 15.2. The van der Waals surface area contributed by atoms with Crippen molar-refractivity contribution in [2.75, 3.05) is 35.2 Å². The first-order valence-corrected chi connectivity index (χ1v) is 25.3. The number of hydrogen-bond acceptors (Lipinski definition) is 16. The van der Waals surface area contributed by atoms with Crippen LogP contribution >= 0.6 is 11.3 Å². The molecule has 3 aromatic heterocycles. The zero-order chi connectivity index (χ0) is 50.7. The summed E-state index contributed by atoms with van der Waals surface area (Å²) in [6.45, 7) is 14.9. The van der Waals surface area contributed by atoms with E-state index in [0.717, 1.165) is 45.8 Å². The third-order valence-electron chi connectivity index (χ3n) is 14.0. The summed E-state index contributed by atoms with van der Waals surface area (Å²) >= 11 is 1.57. The van der Waals surface area contributed by atoms with Crippen LogP contribution in [0.3, 0.4) is 0 Å². The molecule has 5 aromatic rings. The van der Waals surface area contributed by atoms with Crippen LogP contribution in [-0.4, -0.2) is 115 Å². The number of para-hydroxylation sites is 1. The van der Waals surface area contributed by atoms with Crippen molar-refractivity contribution in [1.82, 2.24) is 40.7 Å². The van der Waals surface area contributed by atoms with Crippen molar-refractivity contribution in [1.29, 1.82) is 0 Å². The summed E-state index contributed by atoms with van der Waals surface area (Å²) in [6, 6.07) is 14.1. The number of rotatable bonds is 13. The summed E-state index contributed by atoms with van der Waals surface area (Å²) in [5.41, 5.74) is 19.0. The summed E-state index contributed by atoms with van der Waals surface area (Å²) in [4.78, 5) is 76.3. The standard InChI is InChI=1S/C52H66N12O6S/c1-29-25-62(41-21-40(60-61-46(41)54)39-10-8-9-11-43(39)65)26-30(2)64(29)51-56-23-37(24-57-51)34-16-18-36(19-17-34)47(66)59-45(52(5,6)7)49(68)63-27-38(70-50(69)31(3)53)20-42(63)48(67)55-22-33-12-14-35(15-13-33)44-32(4)58-28-71-44/h8-15,21,23-24,28-31,34,36,38,42,45,65H,16-20,22,25-27,53H2,1-7H3,(H2,54,61)(H,55,67)(H,59,66)/t29?,30?,31-,34?,36?,38+,42-,45+/m0/s1. The minimum absolute atomic E-state index is 0.0120. The normalized spacial score (nSPS) is 22.4.